The van der Waals surface area contributed by atoms with E-state index in [2.05, 4.69) is 67.4 Å². The summed E-state index contributed by atoms with van der Waals surface area (Å²) in [6, 6.07) is 10.6. The number of nitrogens with one attached hydrogen (secondary N) is 1. The molecule has 158 valence electrons. The van der Waals surface area contributed by atoms with Crippen LogP contribution in [0.25, 0.3) is 0 Å². The third-order valence-corrected chi connectivity index (χ3v) is 6.22. The Bertz CT molecular complexity index is 947. The van der Waals surface area contributed by atoms with Crippen molar-refractivity contribution in [1.82, 2.24) is 4.90 Å². The van der Waals surface area contributed by atoms with E-state index in [-0.39, 0.29) is 0 Å². The van der Waals surface area contributed by atoms with Crippen LogP contribution in [0, 0.1) is 26.7 Å². The lowest BCUT2D eigenvalue weighted by Gasteiger charge is -2.31. The van der Waals surface area contributed by atoms with E-state index in [0.717, 1.165) is 48.2 Å². The first-order valence-electron chi connectivity index (χ1n) is 10.7. The summed E-state index contributed by atoms with van der Waals surface area (Å²) in [4.78, 5) is 2.30. The zero-order valence-electron chi connectivity index (χ0n) is 18.0. The van der Waals surface area contributed by atoms with Gasteiger partial charge in [0.25, 0.3) is 0 Å². The molecule has 4 nitrogen and oxygen atoms in total. The van der Waals surface area contributed by atoms with Crippen LogP contribution in [-0.2, 0) is 6.54 Å². The van der Waals surface area contributed by atoms with Gasteiger partial charge in [-0.1, -0.05) is 35.9 Å². The van der Waals surface area contributed by atoms with Gasteiger partial charge in [0.1, 0.15) is 0 Å². The topological polar surface area (TPSA) is 33.7 Å². The number of benzene rings is 2. The predicted octanol–water partition coefficient (Wildman–Crippen LogP) is 5.90. The van der Waals surface area contributed by atoms with E-state index in [9.17, 15) is 0 Å². The predicted molar refractivity (Wildman–Crippen MR) is 126 cm³/mol. The SMILES string of the molecule is Cc1cc(C)c(NC(=S)N(Cc2ccc3c(c2)OCO3)CC2CC=CCC2)c(C)c1. The van der Waals surface area contributed by atoms with Crippen molar-refractivity contribution in [2.45, 2.75) is 46.6 Å². The molecule has 1 atom stereocenters. The molecule has 5 heteroatoms. The van der Waals surface area contributed by atoms with Gasteiger partial charge in [-0.25, -0.2) is 0 Å². The van der Waals surface area contributed by atoms with Crippen molar-refractivity contribution >= 4 is 23.0 Å². The molecule has 0 aromatic heterocycles. The number of thiocarbonyl (C=S) groups is 1. The maximum atomic E-state index is 5.92. The summed E-state index contributed by atoms with van der Waals surface area (Å²) < 4.78 is 11.0. The summed E-state index contributed by atoms with van der Waals surface area (Å²) in [5, 5.41) is 4.33. The van der Waals surface area contributed by atoms with Crippen molar-refractivity contribution < 1.29 is 9.47 Å². The van der Waals surface area contributed by atoms with Gasteiger partial charge in [0.2, 0.25) is 6.79 Å². The van der Waals surface area contributed by atoms with E-state index in [0.29, 0.717) is 12.7 Å². The number of hydrogen-bond acceptors (Lipinski definition) is 3. The first-order valence-corrected chi connectivity index (χ1v) is 11.1. The summed E-state index contributed by atoms with van der Waals surface area (Å²) in [5.74, 6) is 2.25. The molecule has 1 aliphatic heterocycles. The number of aryl methyl sites for hydroxylation is 3. The Labute approximate surface area is 184 Å². The second-order valence-electron chi connectivity index (χ2n) is 8.42. The highest BCUT2D eigenvalue weighted by molar-refractivity contribution is 7.80. The molecule has 0 spiro atoms. The molecule has 0 fully saturated rings. The summed E-state index contributed by atoms with van der Waals surface area (Å²) in [7, 11) is 0. The molecule has 4 rings (SSSR count). The lowest BCUT2D eigenvalue weighted by Crippen LogP contribution is -2.38. The molecule has 2 aliphatic rings. The molecule has 2 aromatic rings. The van der Waals surface area contributed by atoms with Gasteiger partial charge in [0.05, 0.1) is 0 Å². The minimum atomic E-state index is 0.294. The van der Waals surface area contributed by atoms with Crippen molar-refractivity contribution in [2.24, 2.45) is 5.92 Å². The normalized spacial score (nSPS) is 17.1. The third kappa shape index (κ3) is 4.78. The minimum Gasteiger partial charge on any atom is -0.454 e. The van der Waals surface area contributed by atoms with E-state index in [4.69, 9.17) is 21.7 Å². The molecule has 1 aliphatic carbocycles. The monoisotopic (exact) mass is 422 g/mol. The molecular weight excluding hydrogens is 392 g/mol. The smallest absolute Gasteiger partial charge is 0.231 e. The molecule has 1 heterocycles. The molecule has 0 radical (unpaired) electrons. The summed E-state index contributed by atoms with van der Waals surface area (Å²) in [6.45, 7) is 8.38. The highest BCUT2D eigenvalue weighted by atomic mass is 32.1. The van der Waals surface area contributed by atoms with Gasteiger partial charge in [-0.15, -0.1) is 0 Å². The standard InChI is InChI=1S/C25H30N2O2S/c1-17-11-18(2)24(19(3)12-17)26-25(30)27(14-20-7-5-4-6-8-20)15-21-9-10-22-23(13-21)29-16-28-22/h4-5,9-13,20H,6-8,14-16H2,1-3H3,(H,26,30). The van der Waals surface area contributed by atoms with Crippen LogP contribution in [0.15, 0.2) is 42.5 Å². The average Bonchev–Trinajstić information content (AvgIpc) is 3.18. The number of ether oxygens (including phenoxy) is 2. The maximum Gasteiger partial charge on any atom is 0.231 e. The van der Waals surface area contributed by atoms with Gasteiger partial charge in [0.15, 0.2) is 16.6 Å². The number of fused-ring (bicyclic) bond motifs is 1. The number of anilines is 1. The molecule has 1 unspecified atom stereocenters. The lowest BCUT2D eigenvalue weighted by atomic mass is 9.94. The van der Waals surface area contributed by atoms with Gasteiger partial charge in [-0.2, -0.15) is 0 Å². The highest BCUT2D eigenvalue weighted by Crippen LogP contribution is 2.33. The number of hydrogen-bond donors (Lipinski definition) is 1. The van der Waals surface area contributed by atoms with Crippen molar-refractivity contribution in [3.05, 3.63) is 64.7 Å². The van der Waals surface area contributed by atoms with E-state index in [1.165, 1.54) is 28.7 Å². The van der Waals surface area contributed by atoms with E-state index in [1.807, 2.05) is 6.07 Å². The van der Waals surface area contributed by atoms with Gasteiger partial charge in [-0.3, -0.25) is 0 Å². The second kappa shape index (κ2) is 9.09. The molecule has 1 N–H and O–H groups in total. The quantitative estimate of drug-likeness (QED) is 0.479. The van der Waals surface area contributed by atoms with E-state index in [1.54, 1.807) is 0 Å². The largest absolute Gasteiger partial charge is 0.454 e. The van der Waals surface area contributed by atoms with Gasteiger partial charge in [0, 0.05) is 18.8 Å². The van der Waals surface area contributed by atoms with Crippen LogP contribution >= 0.6 is 12.2 Å². The number of rotatable bonds is 5. The van der Waals surface area contributed by atoms with E-state index < -0.39 is 0 Å². The maximum absolute atomic E-state index is 5.92. The highest BCUT2D eigenvalue weighted by Gasteiger charge is 2.20. The van der Waals surface area contributed by atoms with Crippen LogP contribution < -0.4 is 14.8 Å². The third-order valence-electron chi connectivity index (χ3n) is 5.86. The Morgan fingerprint density at radius 1 is 1.07 bits per heavy atom. The first-order chi connectivity index (χ1) is 14.5. The fraction of sp³-hybridized carbons (Fsp3) is 0.400. The Balaban J connectivity index is 1.54. The molecule has 2 aromatic carbocycles. The Morgan fingerprint density at radius 2 is 1.83 bits per heavy atom. The summed E-state index contributed by atoms with van der Waals surface area (Å²) in [6.07, 6.45) is 8.06. The first kappa shape index (κ1) is 20.7. The zero-order chi connectivity index (χ0) is 21.1. The van der Waals surface area contributed by atoms with Crippen molar-refractivity contribution in [3.63, 3.8) is 0 Å². The Kier molecular flexibility index (Phi) is 6.28. The van der Waals surface area contributed by atoms with Gasteiger partial charge < -0.3 is 19.7 Å². The minimum absolute atomic E-state index is 0.294. The van der Waals surface area contributed by atoms with Gasteiger partial charge >= 0.3 is 0 Å². The van der Waals surface area contributed by atoms with Crippen molar-refractivity contribution in [2.75, 3.05) is 18.7 Å². The molecular formula is C25H30N2O2S. The van der Waals surface area contributed by atoms with Crippen molar-refractivity contribution in [3.8, 4) is 11.5 Å². The van der Waals surface area contributed by atoms with Crippen molar-refractivity contribution in [1.29, 1.82) is 0 Å². The van der Waals surface area contributed by atoms with Crippen LogP contribution in [0.5, 0.6) is 11.5 Å². The van der Waals surface area contributed by atoms with Crippen LogP contribution in [-0.4, -0.2) is 23.4 Å². The second-order valence-corrected chi connectivity index (χ2v) is 8.81. The van der Waals surface area contributed by atoms with Crippen LogP contribution in [0.2, 0.25) is 0 Å². The fourth-order valence-corrected chi connectivity index (χ4v) is 4.62. The number of nitrogens with zero attached hydrogens (tertiary/aromatic N) is 1. The average molecular weight is 423 g/mol. The van der Waals surface area contributed by atoms with Crippen LogP contribution in [0.4, 0.5) is 5.69 Å². The Hall–Kier alpha value is -2.53. The van der Waals surface area contributed by atoms with Crippen LogP contribution in [0.3, 0.4) is 0 Å². The molecule has 30 heavy (non-hydrogen) atoms. The lowest BCUT2D eigenvalue weighted by molar-refractivity contribution is 0.174. The zero-order valence-corrected chi connectivity index (χ0v) is 18.8. The Morgan fingerprint density at radius 3 is 2.57 bits per heavy atom. The van der Waals surface area contributed by atoms with Gasteiger partial charge in [-0.05, 0) is 87.0 Å². The molecule has 0 bridgehead atoms. The fourth-order valence-electron chi connectivity index (χ4n) is 4.38. The number of allylic oxidation sites excluding steroid dienone is 2. The van der Waals surface area contributed by atoms with E-state index >= 15 is 0 Å². The van der Waals surface area contributed by atoms with Crippen LogP contribution in [0.1, 0.15) is 41.5 Å². The molecule has 0 saturated carbocycles. The molecule has 0 saturated heterocycles. The summed E-state index contributed by atoms with van der Waals surface area (Å²) >= 11 is 5.92. The summed E-state index contributed by atoms with van der Waals surface area (Å²) in [5.41, 5.74) is 6.00. The molecule has 0 amide bonds.